The van der Waals surface area contributed by atoms with Gasteiger partial charge in [0, 0.05) is 86.2 Å². The number of carbonyl (C=O) groups excluding carboxylic acids is 2. The van der Waals surface area contributed by atoms with Crippen LogP contribution in [0.2, 0.25) is 10.0 Å². The molecule has 10 nitrogen and oxygen atoms in total. The first kappa shape index (κ1) is 35.5. The Balaban J connectivity index is 0.913. The zero-order valence-corrected chi connectivity index (χ0v) is 32.1. The number of ether oxygens (including phenoxy) is 3. The maximum Gasteiger partial charge on any atom is 0.236 e. The lowest BCUT2D eigenvalue weighted by molar-refractivity contribution is -0.121. The summed E-state index contributed by atoms with van der Waals surface area (Å²) in [6, 6.07) is 18.3. The van der Waals surface area contributed by atoms with Crippen LogP contribution < -0.4 is 19.5 Å². The first-order valence-corrected chi connectivity index (χ1v) is 19.5. The number of carbonyl (C=O) groups is 2. The van der Waals surface area contributed by atoms with E-state index in [1.165, 1.54) is 5.56 Å². The number of nitrogens with zero attached hydrogens (tertiary/aromatic N) is 4. The summed E-state index contributed by atoms with van der Waals surface area (Å²) in [6.07, 6.45) is 5.24. The van der Waals surface area contributed by atoms with Gasteiger partial charge in [-0.2, -0.15) is 4.98 Å². The molecule has 0 unspecified atom stereocenters. The highest BCUT2D eigenvalue weighted by Crippen LogP contribution is 2.47. The quantitative estimate of drug-likeness (QED) is 0.179. The Morgan fingerprint density at radius 2 is 1.52 bits per heavy atom. The van der Waals surface area contributed by atoms with Gasteiger partial charge in [-0.1, -0.05) is 65.7 Å². The van der Waals surface area contributed by atoms with E-state index < -0.39 is 0 Å². The number of amides is 1. The van der Waals surface area contributed by atoms with Crippen LogP contribution in [0.15, 0.2) is 54.6 Å². The number of aromatic nitrogens is 2. The molecule has 0 radical (unpaired) electrons. The van der Waals surface area contributed by atoms with E-state index in [9.17, 15) is 9.59 Å². The summed E-state index contributed by atoms with van der Waals surface area (Å²) in [4.78, 5) is 37.9. The Bertz CT molecular complexity index is 2170. The standard InChI is InChI=1S/C42H43Cl2N5O5/c1-52-38-25(19-48-21-41(22-48)15-13-27(50)18-41)9-11-34(45-38)32-8-4-7-31(37(32)44)28-5-3-6-30-29(28)10-12-35(30)54-40-33(43)17-26(39(46-40)53-2)20-49-23-42(24-49)16-14-36(51)47-42/h3-9,11,17,35H,10,12-16,18-24H2,1-2H3,(H,47,51)/t35-/m0/s1. The summed E-state index contributed by atoms with van der Waals surface area (Å²) in [5.74, 6) is 1.94. The molecule has 3 aliphatic heterocycles. The average molecular weight is 769 g/mol. The third-order valence-electron chi connectivity index (χ3n) is 12.0. The van der Waals surface area contributed by atoms with Gasteiger partial charge >= 0.3 is 0 Å². The fourth-order valence-corrected chi connectivity index (χ4v) is 10.1. The van der Waals surface area contributed by atoms with E-state index in [2.05, 4.69) is 39.4 Å². The lowest BCUT2D eigenvalue weighted by Gasteiger charge is -2.48. The van der Waals surface area contributed by atoms with E-state index in [4.69, 9.17) is 47.4 Å². The average Bonchev–Trinajstić information content (AvgIpc) is 3.86. The second-order valence-electron chi connectivity index (χ2n) is 15.8. The predicted molar refractivity (Wildman–Crippen MR) is 206 cm³/mol. The van der Waals surface area contributed by atoms with Crippen molar-refractivity contribution < 1.29 is 23.8 Å². The van der Waals surface area contributed by atoms with Gasteiger partial charge in [-0.3, -0.25) is 19.4 Å². The minimum absolute atomic E-state index is 0.0984. The number of likely N-dealkylation sites (tertiary alicyclic amines) is 2. The molecule has 4 fully saturated rings. The van der Waals surface area contributed by atoms with Crippen molar-refractivity contribution in [3.8, 4) is 40.0 Å². The molecule has 12 heteroatoms. The fourth-order valence-electron chi connectivity index (χ4n) is 9.54. The van der Waals surface area contributed by atoms with Gasteiger partial charge in [0.25, 0.3) is 0 Å². The topological polar surface area (TPSA) is 106 Å². The third-order valence-corrected chi connectivity index (χ3v) is 12.7. The van der Waals surface area contributed by atoms with Gasteiger partial charge in [0.05, 0.1) is 30.5 Å². The zero-order chi connectivity index (χ0) is 37.2. The van der Waals surface area contributed by atoms with Gasteiger partial charge in [-0.15, -0.1) is 0 Å². The van der Waals surface area contributed by atoms with Crippen molar-refractivity contribution in [1.29, 1.82) is 0 Å². The lowest BCUT2D eigenvalue weighted by atomic mass is 9.78. The second kappa shape index (κ2) is 13.8. The van der Waals surface area contributed by atoms with Crippen LogP contribution in [0, 0.1) is 5.41 Å². The Morgan fingerprint density at radius 1 is 0.796 bits per heavy atom. The van der Waals surface area contributed by atoms with Crippen molar-refractivity contribution in [2.75, 3.05) is 40.4 Å². The smallest absolute Gasteiger partial charge is 0.236 e. The minimum Gasteiger partial charge on any atom is -0.481 e. The molecule has 2 aromatic carbocycles. The molecule has 3 saturated heterocycles. The van der Waals surface area contributed by atoms with Crippen LogP contribution in [0.4, 0.5) is 0 Å². The number of rotatable bonds is 10. The monoisotopic (exact) mass is 767 g/mol. The number of hydrogen-bond acceptors (Lipinski definition) is 9. The second-order valence-corrected chi connectivity index (χ2v) is 16.6. The van der Waals surface area contributed by atoms with E-state index in [0.29, 0.717) is 52.9 Å². The largest absolute Gasteiger partial charge is 0.481 e. The van der Waals surface area contributed by atoms with Gasteiger partial charge < -0.3 is 19.5 Å². The highest BCUT2D eigenvalue weighted by atomic mass is 35.5. The Morgan fingerprint density at radius 3 is 2.26 bits per heavy atom. The molecular formula is C42H43Cl2N5O5. The molecular weight excluding hydrogens is 725 g/mol. The number of ketones is 1. The van der Waals surface area contributed by atoms with E-state index in [0.717, 1.165) is 104 Å². The van der Waals surface area contributed by atoms with E-state index >= 15 is 0 Å². The van der Waals surface area contributed by atoms with Gasteiger partial charge in [0.1, 0.15) is 16.9 Å². The van der Waals surface area contributed by atoms with Gasteiger partial charge in [-0.05, 0) is 54.5 Å². The number of benzene rings is 2. The SMILES string of the molecule is COc1nc(-c2cccc(-c3cccc4c3CC[C@@H]4Oc3nc(OC)c(CN4CC5(CCC(=O)N5)C4)cc3Cl)c2Cl)ccc1CN1CC2(CCC(=O)C2)C1. The van der Waals surface area contributed by atoms with Crippen molar-refractivity contribution in [3.63, 3.8) is 0 Å². The van der Waals surface area contributed by atoms with Crippen molar-refractivity contribution in [3.05, 3.63) is 86.9 Å². The van der Waals surface area contributed by atoms with Crippen LogP contribution >= 0.6 is 23.2 Å². The number of fused-ring (bicyclic) bond motifs is 1. The molecule has 1 saturated carbocycles. The fraction of sp³-hybridized carbons (Fsp3) is 0.429. The van der Waals surface area contributed by atoms with E-state index in [1.54, 1.807) is 14.2 Å². The number of pyridine rings is 2. The number of hydrogen-bond donors (Lipinski definition) is 1. The molecule has 54 heavy (non-hydrogen) atoms. The molecule has 5 heterocycles. The first-order valence-electron chi connectivity index (χ1n) is 18.8. The molecule has 1 atom stereocenters. The Hall–Kier alpha value is -4.22. The molecule has 5 aliphatic rings. The van der Waals surface area contributed by atoms with Crippen LogP contribution in [0.1, 0.15) is 66.9 Å². The molecule has 2 aromatic heterocycles. The molecule has 0 bridgehead atoms. The molecule has 280 valence electrons. The first-order chi connectivity index (χ1) is 26.1. The third kappa shape index (κ3) is 6.40. The summed E-state index contributed by atoms with van der Waals surface area (Å²) in [7, 11) is 3.26. The predicted octanol–water partition coefficient (Wildman–Crippen LogP) is 7.22. The number of methoxy groups -OCH3 is 2. The van der Waals surface area contributed by atoms with Gasteiger partial charge in [0.15, 0.2) is 0 Å². The van der Waals surface area contributed by atoms with Crippen LogP contribution in [0.5, 0.6) is 17.6 Å². The highest BCUT2D eigenvalue weighted by Gasteiger charge is 2.48. The minimum atomic E-state index is -0.238. The Kier molecular flexibility index (Phi) is 9.08. The highest BCUT2D eigenvalue weighted by molar-refractivity contribution is 6.36. The van der Waals surface area contributed by atoms with Crippen LogP contribution in [-0.2, 0) is 29.1 Å². The normalized spacial score (nSPS) is 21.2. The van der Waals surface area contributed by atoms with Crippen molar-refractivity contribution in [2.45, 2.75) is 69.7 Å². The van der Waals surface area contributed by atoms with Crippen molar-refractivity contribution >= 4 is 34.9 Å². The molecule has 4 aromatic rings. The van der Waals surface area contributed by atoms with Gasteiger partial charge in [0.2, 0.25) is 23.5 Å². The molecule has 2 spiro atoms. The molecule has 1 amide bonds. The van der Waals surface area contributed by atoms with Crippen molar-refractivity contribution in [1.82, 2.24) is 25.1 Å². The summed E-state index contributed by atoms with van der Waals surface area (Å²) < 4.78 is 18.0. The van der Waals surface area contributed by atoms with Gasteiger partial charge in [-0.25, -0.2) is 4.98 Å². The number of nitrogens with one attached hydrogen (secondary N) is 1. The number of halogens is 2. The van der Waals surface area contributed by atoms with Crippen LogP contribution in [0.25, 0.3) is 22.4 Å². The maximum absolute atomic E-state index is 11.9. The van der Waals surface area contributed by atoms with Crippen LogP contribution in [-0.4, -0.2) is 77.4 Å². The van der Waals surface area contributed by atoms with E-state index in [-0.39, 0.29) is 23.0 Å². The molecule has 1 N–H and O–H groups in total. The zero-order valence-electron chi connectivity index (χ0n) is 30.6. The lowest BCUT2D eigenvalue weighted by Crippen LogP contribution is -2.66. The summed E-state index contributed by atoms with van der Waals surface area (Å²) in [6.45, 7) is 4.84. The molecule has 9 rings (SSSR count). The summed E-state index contributed by atoms with van der Waals surface area (Å²) >= 11 is 14.0. The number of Topliss-reactive ketones (excluding diaryl/α,β-unsaturated/α-hetero) is 1. The maximum atomic E-state index is 11.9. The summed E-state index contributed by atoms with van der Waals surface area (Å²) in [5, 5.41) is 4.19. The molecule has 2 aliphatic carbocycles. The van der Waals surface area contributed by atoms with Crippen LogP contribution in [0.3, 0.4) is 0 Å². The van der Waals surface area contributed by atoms with Crippen molar-refractivity contribution in [2.24, 2.45) is 5.41 Å². The summed E-state index contributed by atoms with van der Waals surface area (Å²) in [5.41, 5.74) is 7.81. The van der Waals surface area contributed by atoms with E-state index in [1.807, 2.05) is 30.3 Å². The Labute approximate surface area is 325 Å².